The minimum atomic E-state index is -0.365. The molecule has 0 saturated heterocycles. The first-order valence-corrected chi connectivity index (χ1v) is 5.22. The van der Waals surface area contributed by atoms with Crippen LogP contribution in [0, 0.1) is 5.82 Å². The van der Waals surface area contributed by atoms with Gasteiger partial charge in [0.15, 0.2) is 0 Å². The van der Waals surface area contributed by atoms with E-state index < -0.39 is 0 Å². The zero-order valence-electron chi connectivity index (χ0n) is 9.19. The van der Waals surface area contributed by atoms with Crippen LogP contribution in [0.3, 0.4) is 0 Å². The Balaban J connectivity index is 1.90. The maximum absolute atomic E-state index is 12.8. The van der Waals surface area contributed by atoms with Gasteiger partial charge in [0.1, 0.15) is 5.82 Å². The fourth-order valence-corrected chi connectivity index (χ4v) is 1.40. The highest BCUT2D eigenvalue weighted by molar-refractivity contribution is 5.64. The molecular weight excluding hydrogens is 219 g/mol. The number of nitrogens with two attached hydrogens (primary N) is 1. The standard InChI is InChI=1S/C13H13FN2O/c14-11-6-7-13(12(15)8-11)16-17-9-10-4-2-1-3-5-10/h1-8,16H,9,15H2. The zero-order chi connectivity index (χ0) is 12.1. The minimum absolute atomic E-state index is 0.318. The fraction of sp³-hybridized carbons (Fsp3) is 0.0769. The maximum Gasteiger partial charge on any atom is 0.125 e. The van der Waals surface area contributed by atoms with E-state index in [1.165, 1.54) is 18.2 Å². The first kappa shape index (κ1) is 11.4. The van der Waals surface area contributed by atoms with Gasteiger partial charge in [-0.25, -0.2) is 4.39 Å². The van der Waals surface area contributed by atoms with E-state index in [1.807, 2.05) is 30.3 Å². The van der Waals surface area contributed by atoms with Crippen molar-refractivity contribution in [2.45, 2.75) is 6.61 Å². The van der Waals surface area contributed by atoms with Gasteiger partial charge in [0.2, 0.25) is 0 Å². The van der Waals surface area contributed by atoms with Crippen molar-refractivity contribution in [3.8, 4) is 0 Å². The molecule has 0 atom stereocenters. The van der Waals surface area contributed by atoms with Crippen LogP contribution in [-0.2, 0) is 11.4 Å². The number of halogens is 1. The summed E-state index contributed by atoms with van der Waals surface area (Å²) in [5.74, 6) is -0.365. The van der Waals surface area contributed by atoms with Crippen molar-refractivity contribution < 1.29 is 9.23 Å². The van der Waals surface area contributed by atoms with Crippen LogP contribution in [0.5, 0.6) is 0 Å². The molecule has 0 aromatic heterocycles. The average Bonchev–Trinajstić information content (AvgIpc) is 2.33. The summed E-state index contributed by atoms with van der Waals surface area (Å²) < 4.78 is 12.8. The molecule has 88 valence electrons. The van der Waals surface area contributed by atoms with Crippen LogP contribution in [0.1, 0.15) is 5.56 Å². The van der Waals surface area contributed by atoms with E-state index in [0.717, 1.165) is 5.56 Å². The lowest BCUT2D eigenvalue weighted by Crippen LogP contribution is -2.04. The Morgan fingerprint density at radius 2 is 1.88 bits per heavy atom. The Labute approximate surface area is 99.0 Å². The highest BCUT2D eigenvalue weighted by Crippen LogP contribution is 2.19. The molecule has 4 heteroatoms. The quantitative estimate of drug-likeness (QED) is 0.629. The molecule has 0 aliphatic carbocycles. The van der Waals surface area contributed by atoms with Gasteiger partial charge in [0, 0.05) is 0 Å². The number of anilines is 2. The van der Waals surface area contributed by atoms with E-state index in [-0.39, 0.29) is 5.82 Å². The number of benzene rings is 2. The lowest BCUT2D eigenvalue weighted by atomic mass is 10.2. The second-order valence-corrected chi connectivity index (χ2v) is 3.61. The SMILES string of the molecule is Nc1cc(F)ccc1NOCc1ccccc1. The Morgan fingerprint density at radius 3 is 2.59 bits per heavy atom. The van der Waals surface area contributed by atoms with E-state index in [2.05, 4.69) is 5.48 Å². The molecule has 0 spiro atoms. The molecule has 0 amide bonds. The van der Waals surface area contributed by atoms with Gasteiger partial charge in [-0.05, 0) is 23.8 Å². The largest absolute Gasteiger partial charge is 0.397 e. The molecule has 3 nitrogen and oxygen atoms in total. The summed E-state index contributed by atoms with van der Waals surface area (Å²) in [6.45, 7) is 0.414. The van der Waals surface area contributed by atoms with Gasteiger partial charge in [0.25, 0.3) is 0 Å². The van der Waals surface area contributed by atoms with Gasteiger partial charge in [-0.2, -0.15) is 0 Å². The van der Waals surface area contributed by atoms with E-state index in [0.29, 0.717) is 18.0 Å². The lowest BCUT2D eigenvalue weighted by molar-refractivity contribution is 0.180. The first-order chi connectivity index (χ1) is 8.25. The molecule has 0 fully saturated rings. The lowest BCUT2D eigenvalue weighted by Gasteiger charge is -2.09. The molecule has 2 rings (SSSR count). The fourth-order valence-electron chi connectivity index (χ4n) is 1.40. The Kier molecular flexibility index (Phi) is 3.57. The first-order valence-electron chi connectivity index (χ1n) is 5.22. The average molecular weight is 232 g/mol. The Morgan fingerprint density at radius 1 is 1.12 bits per heavy atom. The smallest absolute Gasteiger partial charge is 0.125 e. The molecule has 2 aromatic carbocycles. The van der Waals surface area contributed by atoms with E-state index in [9.17, 15) is 4.39 Å². The third-order valence-corrected chi connectivity index (χ3v) is 2.28. The monoisotopic (exact) mass is 232 g/mol. The van der Waals surface area contributed by atoms with E-state index in [1.54, 1.807) is 0 Å². The van der Waals surface area contributed by atoms with Crippen molar-refractivity contribution in [2.24, 2.45) is 0 Å². The van der Waals surface area contributed by atoms with E-state index >= 15 is 0 Å². The van der Waals surface area contributed by atoms with Crippen LogP contribution in [0.15, 0.2) is 48.5 Å². The Bertz CT molecular complexity index is 488. The van der Waals surface area contributed by atoms with Gasteiger partial charge in [-0.15, -0.1) is 0 Å². The zero-order valence-corrected chi connectivity index (χ0v) is 9.19. The van der Waals surface area contributed by atoms with Gasteiger partial charge >= 0.3 is 0 Å². The van der Waals surface area contributed by atoms with Crippen LogP contribution in [-0.4, -0.2) is 0 Å². The third kappa shape index (κ3) is 3.19. The van der Waals surface area contributed by atoms with Crippen molar-refractivity contribution >= 4 is 11.4 Å². The molecular formula is C13H13FN2O. The molecule has 3 N–H and O–H groups in total. The van der Waals surface area contributed by atoms with Gasteiger partial charge in [-0.3, -0.25) is 10.3 Å². The van der Waals surface area contributed by atoms with E-state index in [4.69, 9.17) is 10.6 Å². The van der Waals surface area contributed by atoms with Crippen molar-refractivity contribution in [1.82, 2.24) is 0 Å². The number of hydrogen-bond acceptors (Lipinski definition) is 3. The van der Waals surface area contributed by atoms with Gasteiger partial charge < -0.3 is 5.73 Å². The second-order valence-electron chi connectivity index (χ2n) is 3.61. The summed E-state index contributed by atoms with van der Waals surface area (Å²) in [5.41, 5.74) is 10.2. The summed E-state index contributed by atoms with van der Waals surface area (Å²) in [6.07, 6.45) is 0. The van der Waals surface area contributed by atoms with Gasteiger partial charge in [-0.1, -0.05) is 30.3 Å². The number of nitrogens with one attached hydrogen (secondary N) is 1. The molecule has 0 heterocycles. The minimum Gasteiger partial charge on any atom is -0.397 e. The molecule has 2 aromatic rings. The van der Waals surface area contributed by atoms with Crippen molar-refractivity contribution in [1.29, 1.82) is 0 Å². The molecule has 0 saturated carbocycles. The maximum atomic E-state index is 12.8. The molecule has 0 aliphatic rings. The molecule has 0 aliphatic heterocycles. The summed E-state index contributed by atoms with van der Waals surface area (Å²) in [6, 6.07) is 13.8. The highest BCUT2D eigenvalue weighted by atomic mass is 19.1. The highest BCUT2D eigenvalue weighted by Gasteiger charge is 2.00. The van der Waals surface area contributed by atoms with Crippen molar-refractivity contribution in [3.05, 3.63) is 59.9 Å². The summed E-state index contributed by atoms with van der Waals surface area (Å²) >= 11 is 0. The summed E-state index contributed by atoms with van der Waals surface area (Å²) in [5, 5.41) is 0. The number of rotatable bonds is 4. The van der Waals surface area contributed by atoms with Gasteiger partial charge in [0.05, 0.1) is 18.0 Å². The van der Waals surface area contributed by atoms with Crippen LogP contribution in [0.2, 0.25) is 0 Å². The Hall–Kier alpha value is -2.07. The second kappa shape index (κ2) is 5.32. The van der Waals surface area contributed by atoms with Crippen molar-refractivity contribution in [2.75, 3.05) is 11.2 Å². The summed E-state index contributed by atoms with van der Waals surface area (Å²) in [7, 11) is 0. The predicted molar refractivity (Wildman–Crippen MR) is 65.7 cm³/mol. The molecule has 0 bridgehead atoms. The number of nitrogen functional groups attached to an aromatic ring is 1. The number of hydrogen-bond donors (Lipinski definition) is 2. The van der Waals surface area contributed by atoms with Crippen molar-refractivity contribution in [3.63, 3.8) is 0 Å². The predicted octanol–water partition coefficient (Wildman–Crippen LogP) is 2.95. The topological polar surface area (TPSA) is 47.3 Å². The third-order valence-electron chi connectivity index (χ3n) is 2.28. The van der Waals surface area contributed by atoms with Crippen LogP contribution < -0.4 is 11.2 Å². The van der Waals surface area contributed by atoms with Crippen LogP contribution in [0.25, 0.3) is 0 Å². The van der Waals surface area contributed by atoms with Crippen LogP contribution in [0.4, 0.5) is 15.8 Å². The normalized spacial score (nSPS) is 10.2. The summed E-state index contributed by atoms with van der Waals surface area (Å²) in [4.78, 5) is 5.27. The van der Waals surface area contributed by atoms with Crippen LogP contribution >= 0.6 is 0 Å². The molecule has 0 unspecified atom stereocenters. The molecule has 0 radical (unpaired) electrons. The molecule has 17 heavy (non-hydrogen) atoms.